The Kier molecular flexibility index (Phi) is 5.69. The minimum atomic E-state index is -1.85. The number of amides is 1. The first-order valence-corrected chi connectivity index (χ1v) is 8.38. The highest BCUT2D eigenvalue weighted by molar-refractivity contribution is 7.79. The minimum absolute atomic E-state index is 0.0422. The van der Waals surface area contributed by atoms with Crippen LogP contribution in [0.15, 0.2) is 18.2 Å². The molecule has 0 radical (unpaired) electrons. The van der Waals surface area contributed by atoms with Crippen LogP contribution >= 0.6 is 0 Å². The van der Waals surface area contributed by atoms with Crippen molar-refractivity contribution < 1.29 is 23.5 Å². The maximum atomic E-state index is 11.5. The molecule has 0 bridgehead atoms. The topological polar surface area (TPSA) is 133 Å². The van der Waals surface area contributed by atoms with Crippen LogP contribution < -0.4 is 11.1 Å². The van der Waals surface area contributed by atoms with E-state index in [1.165, 1.54) is 18.2 Å². The van der Waals surface area contributed by atoms with E-state index in [1.54, 1.807) is 0 Å². The van der Waals surface area contributed by atoms with Gasteiger partial charge in [0.05, 0.1) is 11.1 Å². The van der Waals surface area contributed by atoms with Crippen molar-refractivity contribution in [2.75, 3.05) is 24.3 Å². The number of nitrogens with one attached hydrogen (secondary N) is 1. The van der Waals surface area contributed by atoms with Crippen molar-refractivity contribution in [3.63, 3.8) is 0 Å². The Balaban J connectivity index is 2.07. The van der Waals surface area contributed by atoms with E-state index in [-0.39, 0.29) is 23.0 Å². The molecule has 1 fully saturated rings. The number of aromatic carboxylic acids is 1. The van der Waals surface area contributed by atoms with Crippen molar-refractivity contribution >= 4 is 28.6 Å². The summed E-state index contributed by atoms with van der Waals surface area (Å²) in [5, 5.41) is 12.2. The zero-order chi connectivity index (χ0) is 17.0. The zero-order valence-electron chi connectivity index (χ0n) is 12.4. The SMILES string of the molecule is NC(=O)c1ccc(C(=O)O)cc1NC1CCN(CS(=O)O)CC1. The second kappa shape index (κ2) is 7.53. The monoisotopic (exact) mass is 341 g/mol. The lowest BCUT2D eigenvalue weighted by molar-refractivity contribution is 0.0696. The molecule has 2 rings (SSSR count). The molecule has 1 aromatic rings. The molecule has 0 spiro atoms. The van der Waals surface area contributed by atoms with Crippen LogP contribution in [0.25, 0.3) is 0 Å². The van der Waals surface area contributed by atoms with Crippen LogP contribution in [0.4, 0.5) is 5.69 Å². The van der Waals surface area contributed by atoms with E-state index in [9.17, 15) is 13.8 Å². The summed E-state index contributed by atoms with van der Waals surface area (Å²) in [6.45, 7) is 1.29. The number of piperidine rings is 1. The van der Waals surface area contributed by atoms with Crippen LogP contribution in [-0.4, -0.2) is 55.7 Å². The third-order valence-corrected chi connectivity index (χ3v) is 4.36. The molecule has 1 atom stereocenters. The summed E-state index contributed by atoms with van der Waals surface area (Å²) in [6, 6.07) is 4.18. The maximum absolute atomic E-state index is 11.5. The number of nitrogens with two attached hydrogens (primary N) is 1. The fourth-order valence-electron chi connectivity index (χ4n) is 2.59. The highest BCUT2D eigenvalue weighted by atomic mass is 32.2. The summed E-state index contributed by atoms with van der Waals surface area (Å²) in [4.78, 5) is 24.4. The molecule has 0 aliphatic carbocycles. The van der Waals surface area contributed by atoms with Crippen LogP contribution in [0, 0.1) is 0 Å². The van der Waals surface area contributed by atoms with E-state index in [2.05, 4.69) is 5.32 Å². The van der Waals surface area contributed by atoms with Crippen LogP contribution in [0.5, 0.6) is 0 Å². The van der Waals surface area contributed by atoms with E-state index >= 15 is 0 Å². The molecular formula is C14H19N3O5S. The van der Waals surface area contributed by atoms with Gasteiger partial charge in [0.15, 0.2) is 11.1 Å². The van der Waals surface area contributed by atoms with Gasteiger partial charge in [0, 0.05) is 24.8 Å². The molecule has 1 aromatic carbocycles. The first-order valence-electron chi connectivity index (χ1n) is 7.10. The van der Waals surface area contributed by atoms with Crippen molar-refractivity contribution in [3.8, 4) is 0 Å². The van der Waals surface area contributed by atoms with Gasteiger partial charge >= 0.3 is 5.97 Å². The van der Waals surface area contributed by atoms with Gasteiger partial charge in [-0.1, -0.05) is 0 Å². The molecule has 1 amide bonds. The Bertz CT molecular complexity index is 629. The normalized spacial score (nSPS) is 17.6. The van der Waals surface area contributed by atoms with Gasteiger partial charge in [-0.15, -0.1) is 0 Å². The number of carbonyl (C=O) groups is 2. The van der Waals surface area contributed by atoms with Gasteiger partial charge in [0.1, 0.15) is 5.88 Å². The molecule has 0 saturated carbocycles. The molecule has 23 heavy (non-hydrogen) atoms. The van der Waals surface area contributed by atoms with Crippen molar-refractivity contribution in [2.45, 2.75) is 18.9 Å². The molecule has 5 N–H and O–H groups in total. The van der Waals surface area contributed by atoms with Crippen LogP contribution in [-0.2, 0) is 11.1 Å². The van der Waals surface area contributed by atoms with Gasteiger partial charge in [-0.3, -0.25) is 9.69 Å². The minimum Gasteiger partial charge on any atom is -0.478 e. The Morgan fingerprint density at radius 1 is 1.35 bits per heavy atom. The summed E-state index contributed by atoms with van der Waals surface area (Å²) in [7, 11) is 0. The predicted octanol–water partition coefficient (Wildman–Crippen LogP) is 0.539. The van der Waals surface area contributed by atoms with Gasteiger partial charge in [0.2, 0.25) is 0 Å². The molecule has 1 aliphatic rings. The van der Waals surface area contributed by atoms with E-state index in [0.717, 1.165) is 0 Å². The Hall–Kier alpha value is -1.97. The first kappa shape index (κ1) is 17.4. The lowest BCUT2D eigenvalue weighted by Gasteiger charge is -2.32. The molecule has 9 heteroatoms. The standard InChI is InChI=1S/C14H19N3O5S/c15-13(18)11-2-1-9(14(19)20)7-12(11)16-10-3-5-17(6-4-10)8-23(21)22/h1-2,7,10,16H,3-6,8H2,(H2,15,18)(H,19,20)(H,21,22). The highest BCUT2D eigenvalue weighted by Gasteiger charge is 2.22. The molecule has 126 valence electrons. The van der Waals surface area contributed by atoms with Gasteiger partial charge in [-0.2, -0.15) is 0 Å². The molecule has 0 aromatic heterocycles. The maximum Gasteiger partial charge on any atom is 0.335 e. The number of rotatable bonds is 6. The van der Waals surface area contributed by atoms with Crippen molar-refractivity contribution in [1.82, 2.24) is 4.90 Å². The molecule has 1 saturated heterocycles. The van der Waals surface area contributed by atoms with Crippen molar-refractivity contribution in [1.29, 1.82) is 0 Å². The summed E-state index contributed by atoms with van der Waals surface area (Å²) in [5.74, 6) is -1.59. The Morgan fingerprint density at radius 3 is 2.52 bits per heavy atom. The second-order valence-corrected chi connectivity index (χ2v) is 6.32. The van der Waals surface area contributed by atoms with Gasteiger partial charge in [-0.25, -0.2) is 9.00 Å². The van der Waals surface area contributed by atoms with E-state index in [1.807, 2.05) is 4.90 Å². The van der Waals surface area contributed by atoms with E-state index in [0.29, 0.717) is 31.6 Å². The molecule has 1 aliphatic heterocycles. The number of hydrogen-bond donors (Lipinski definition) is 4. The fourth-order valence-corrected chi connectivity index (χ4v) is 3.16. The summed E-state index contributed by atoms with van der Waals surface area (Å²) >= 11 is -1.85. The number of carbonyl (C=O) groups excluding carboxylic acids is 1. The number of hydrogen-bond acceptors (Lipinski definition) is 5. The number of likely N-dealkylation sites (tertiary alicyclic amines) is 1. The average Bonchev–Trinajstić information content (AvgIpc) is 2.48. The molecule has 1 heterocycles. The van der Waals surface area contributed by atoms with Gasteiger partial charge < -0.3 is 20.7 Å². The summed E-state index contributed by atoms with van der Waals surface area (Å²) < 4.78 is 19.7. The largest absolute Gasteiger partial charge is 0.478 e. The van der Waals surface area contributed by atoms with Gasteiger partial charge in [0.25, 0.3) is 5.91 Å². The summed E-state index contributed by atoms with van der Waals surface area (Å²) in [6.07, 6.45) is 1.43. The number of anilines is 1. The van der Waals surface area contributed by atoms with Crippen LogP contribution in [0.1, 0.15) is 33.6 Å². The average molecular weight is 341 g/mol. The quantitative estimate of drug-likeness (QED) is 0.555. The Labute approximate surface area is 135 Å². The molecule has 8 nitrogen and oxygen atoms in total. The van der Waals surface area contributed by atoms with Crippen LogP contribution in [0.3, 0.4) is 0 Å². The number of carboxylic acids is 1. The number of benzene rings is 1. The highest BCUT2D eigenvalue weighted by Crippen LogP contribution is 2.22. The lowest BCUT2D eigenvalue weighted by atomic mass is 10.0. The predicted molar refractivity (Wildman–Crippen MR) is 85.8 cm³/mol. The van der Waals surface area contributed by atoms with Gasteiger partial charge in [-0.05, 0) is 31.0 Å². The first-order chi connectivity index (χ1) is 10.9. The fraction of sp³-hybridized carbons (Fsp3) is 0.429. The number of carboxylic acid groups (broad SMARTS) is 1. The lowest BCUT2D eigenvalue weighted by Crippen LogP contribution is -2.40. The third-order valence-electron chi connectivity index (χ3n) is 3.77. The third kappa shape index (κ3) is 4.75. The Morgan fingerprint density at radius 2 is 2.00 bits per heavy atom. The van der Waals surface area contributed by atoms with Crippen molar-refractivity contribution in [2.24, 2.45) is 5.73 Å². The van der Waals surface area contributed by atoms with E-state index in [4.69, 9.17) is 15.4 Å². The van der Waals surface area contributed by atoms with E-state index < -0.39 is 23.0 Å². The van der Waals surface area contributed by atoms with Crippen molar-refractivity contribution in [3.05, 3.63) is 29.3 Å². The smallest absolute Gasteiger partial charge is 0.335 e. The molecular weight excluding hydrogens is 322 g/mol. The second-order valence-electron chi connectivity index (χ2n) is 5.42. The number of nitrogens with zero attached hydrogens (tertiary/aromatic N) is 1. The summed E-state index contributed by atoms with van der Waals surface area (Å²) in [5.41, 5.74) is 6.05. The van der Waals surface area contributed by atoms with Crippen LogP contribution in [0.2, 0.25) is 0 Å². The number of primary amides is 1. The molecule has 1 unspecified atom stereocenters. The zero-order valence-corrected chi connectivity index (χ0v) is 13.2.